The van der Waals surface area contributed by atoms with Gasteiger partial charge in [-0.15, -0.1) is 5.10 Å². The minimum atomic E-state index is -3.64. The minimum Gasteiger partial charge on any atom is -0.299 e. The lowest BCUT2D eigenvalue weighted by Crippen LogP contribution is -2.49. The number of pyridine rings is 2. The third kappa shape index (κ3) is 3.70. The van der Waals surface area contributed by atoms with E-state index in [1.165, 1.54) is 13.4 Å². The zero-order chi connectivity index (χ0) is 22.3. The summed E-state index contributed by atoms with van der Waals surface area (Å²) in [5.74, 6) is 0. The van der Waals surface area contributed by atoms with Gasteiger partial charge in [-0.1, -0.05) is 18.2 Å². The second-order valence-electron chi connectivity index (χ2n) is 8.02. The average Bonchev–Trinajstić information content (AvgIpc) is 3.13. The van der Waals surface area contributed by atoms with E-state index in [2.05, 4.69) is 15.0 Å². The Morgan fingerprint density at radius 3 is 2.59 bits per heavy atom. The first-order valence-electron chi connectivity index (χ1n) is 10.6. The van der Waals surface area contributed by atoms with Gasteiger partial charge in [-0.2, -0.15) is 4.31 Å². The summed E-state index contributed by atoms with van der Waals surface area (Å²) in [6.07, 6.45) is 3.40. The van der Waals surface area contributed by atoms with Crippen molar-refractivity contribution in [1.82, 2.24) is 28.4 Å². The molecule has 32 heavy (non-hydrogen) atoms. The highest BCUT2D eigenvalue weighted by Gasteiger charge is 2.30. The van der Waals surface area contributed by atoms with Crippen molar-refractivity contribution in [3.63, 3.8) is 0 Å². The zero-order valence-electron chi connectivity index (χ0n) is 17.8. The molecule has 0 bridgehead atoms. The molecule has 5 rings (SSSR count). The number of hydrogen-bond acceptors (Lipinski definition) is 6. The van der Waals surface area contributed by atoms with Gasteiger partial charge in [-0.05, 0) is 36.8 Å². The molecule has 3 aromatic heterocycles. The number of para-hydroxylation sites is 1. The molecule has 4 heterocycles. The van der Waals surface area contributed by atoms with Gasteiger partial charge >= 0.3 is 5.69 Å². The van der Waals surface area contributed by atoms with Crippen LogP contribution in [-0.2, 0) is 16.6 Å². The van der Waals surface area contributed by atoms with Crippen LogP contribution in [0.1, 0.15) is 5.56 Å². The number of fused-ring (bicyclic) bond motifs is 2. The monoisotopic (exact) mass is 452 g/mol. The van der Waals surface area contributed by atoms with Gasteiger partial charge in [0, 0.05) is 50.5 Å². The van der Waals surface area contributed by atoms with Crippen LogP contribution in [0.4, 0.5) is 0 Å². The molecule has 0 saturated carbocycles. The molecular weight excluding hydrogens is 428 g/mol. The second-order valence-corrected chi connectivity index (χ2v) is 9.93. The maximum absolute atomic E-state index is 13.3. The van der Waals surface area contributed by atoms with Crippen molar-refractivity contribution in [3.8, 4) is 0 Å². The minimum absolute atomic E-state index is 0.166. The van der Waals surface area contributed by atoms with E-state index in [1.807, 2.05) is 25.1 Å². The van der Waals surface area contributed by atoms with E-state index in [1.54, 1.807) is 36.7 Å². The number of nitrogens with zero attached hydrogens (tertiary/aromatic N) is 6. The highest BCUT2D eigenvalue weighted by atomic mass is 32.2. The lowest BCUT2D eigenvalue weighted by molar-refractivity contribution is 0.180. The number of aromatic nitrogens is 4. The molecule has 1 aliphatic rings. The summed E-state index contributed by atoms with van der Waals surface area (Å²) >= 11 is 0. The van der Waals surface area contributed by atoms with E-state index < -0.39 is 10.0 Å². The summed E-state index contributed by atoms with van der Waals surface area (Å²) in [6.45, 7) is 5.01. The van der Waals surface area contributed by atoms with Crippen LogP contribution in [0.15, 0.2) is 64.5 Å². The van der Waals surface area contributed by atoms with Crippen LogP contribution in [-0.4, -0.2) is 69.5 Å². The average molecular weight is 453 g/mol. The van der Waals surface area contributed by atoms with Crippen molar-refractivity contribution in [2.75, 3.05) is 32.7 Å². The summed E-state index contributed by atoms with van der Waals surface area (Å²) in [4.78, 5) is 19.2. The number of sulfonamides is 1. The lowest BCUT2D eigenvalue weighted by Gasteiger charge is -2.33. The number of rotatable bonds is 5. The van der Waals surface area contributed by atoms with E-state index in [0.717, 1.165) is 10.9 Å². The Hall–Kier alpha value is -3.08. The van der Waals surface area contributed by atoms with Gasteiger partial charge in [0.25, 0.3) is 0 Å². The quantitative estimate of drug-likeness (QED) is 0.454. The number of benzene rings is 1. The number of aryl methyl sites for hydroxylation is 1. The van der Waals surface area contributed by atoms with E-state index in [0.29, 0.717) is 50.4 Å². The smallest absolute Gasteiger partial charge is 0.299 e. The van der Waals surface area contributed by atoms with Crippen molar-refractivity contribution in [3.05, 3.63) is 70.9 Å². The maximum atomic E-state index is 13.3. The second kappa shape index (κ2) is 8.12. The van der Waals surface area contributed by atoms with Gasteiger partial charge in [0.15, 0.2) is 5.65 Å². The van der Waals surface area contributed by atoms with Crippen molar-refractivity contribution in [2.45, 2.75) is 18.4 Å². The Kier molecular flexibility index (Phi) is 5.28. The highest BCUT2D eigenvalue weighted by molar-refractivity contribution is 7.89. The Labute approximate surface area is 185 Å². The van der Waals surface area contributed by atoms with Crippen molar-refractivity contribution >= 4 is 26.6 Å². The van der Waals surface area contributed by atoms with Crippen LogP contribution < -0.4 is 5.69 Å². The molecule has 166 valence electrons. The van der Waals surface area contributed by atoms with Gasteiger partial charge in [-0.25, -0.2) is 17.9 Å². The Bertz CT molecular complexity index is 1450. The SMILES string of the molecule is Cc1cnc2c(S(=O)(=O)N3CCN(CCn4nc5ccccn5c4=O)CC3)cccc2c1. The van der Waals surface area contributed by atoms with Crippen LogP contribution in [0.25, 0.3) is 16.6 Å². The van der Waals surface area contributed by atoms with Crippen molar-refractivity contribution < 1.29 is 8.42 Å². The van der Waals surface area contributed by atoms with E-state index in [-0.39, 0.29) is 10.6 Å². The summed E-state index contributed by atoms with van der Waals surface area (Å²) < 4.78 is 31.2. The van der Waals surface area contributed by atoms with Crippen LogP contribution in [0, 0.1) is 6.92 Å². The Morgan fingerprint density at radius 1 is 1.00 bits per heavy atom. The number of hydrogen-bond donors (Lipinski definition) is 0. The summed E-state index contributed by atoms with van der Waals surface area (Å²) in [5.41, 5.74) is 1.95. The predicted molar refractivity (Wildman–Crippen MR) is 121 cm³/mol. The molecule has 10 heteroatoms. The predicted octanol–water partition coefficient (Wildman–Crippen LogP) is 1.36. The molecule has 4 aromatic rings. The zero-order valence-corrected chi connectivity index (χ0v) is 18.6. The molecule has 1 saturated heterocycles. The molecule has 0 radical (unpaired) electrons. The first-order valence-corrected chi connectivity index (χ1v) is 12.0. The van der Waals surface area contributed by atoms with Gasteiger partial charge < -0.3 is 0 Å². The Morgan fingerprint density at radius 2 is 1.81 bits per heavy atom. The maximum Gasteiger partial charge on any atom is 0.350 e. The first-order chi connectivity index (χ1) is 15.4. The lowest BCUT2D eigenvalue weighted by atomic mass is 10.2. The standard InChI is InChI=1S/C22H24N6O3S/c1-17-15-18-5-4-6-19(21(18)23-16-17)32(30,31)26-12-9-25(10-13-26)11-14-28-22(29)27-8-3-2-7-20(27)24-28/h2-8,15-16H,9-14H2,1H3. The Balaban J connectivity index is 1.27. The first kappa shape index (κ1) is 20.8. The fourth-order valence-corrected chi connectivity index (χ4v) is 5.72. The van der Waals surface area contributed by atoms with Gasteiger partial charge in [0.1, 0.15) is 4.90 Å². The molecular formula is C22H24N6O3S. The van der Waals surface area contributed by atoms with E-state index in [9.17, 15) is 13.2 Å². The molecule has 0 amide bonds. The molecule has 1 fully saturated rings. The fraction of sp³-hybridized carbons (Fsp3) is 0.318. The van der Waals surface area contributed by atoms with Crippen molar-refractivity contribution in [2.24, 2.45) is 0 Å². The van der Waals surface area contributed by atoms with Gasteiger partial charge in [-0.3, -0.25) is 14.3 Å². The van der Waals surface area contributed by atoms with Crippen LogP contribution in [0.2, 0.25) is 0 Å². The summed E-state index contributed by atoms with van der Waals surface area (Å²) in [7, 11) is -3.64. The topological polar surface area (TPSA) is 92.8 Å². The third-order valence-electron chi connectivity index (χ3n) is 5.88. The molecule has 1 aliphatic heterocycles. The van der Waals surface area contributed by atoms with Crippen LogP contribution in [0.3, 0.4) is 0 Å². The van der Waals surface area contributed by atoms with Crippen LogP contribution >= 0.6 is 0 Å². The third-order valence-corrected chi connectivity index (χ3v) is 7.81. The van der Waals surface area contributed by atoms with Gasteiger partial charge in [0.2, 0.25) is 10.0 Å². The number of piperazine rings is 1. The summed E-state index contributed by atoms with van der Waals surface area (Å²) in [5, 5.41) is 5.17. The molecule has 0 aliphatic carbocycles. The van der Waals surface area contributed by atoms with E-state index >= 15 is 0 Å². The molecule has 1 aromatic carbocycles. The summed E-state index contributed by atoms with van der Waals surface area (Å²) in [6, 6.07) is 12.7. The van der Waals surface area contributed by atoms with Gasteiger partial charge in [0.05, 0.1) is 12.1 Å². The van der Waals surface area contributed by atoms with E-state index in [4.69, 9.17) is 0 Å². The molecule has 0 unspecified atom stereocenters. The molecule has 0 spiro atoms. The fourth-order valence-electron chi connectivity index (χ4n) is 4.13. The molecule has 9 nitrogen and oxygen atoms in total. The largest absolute Gasteiger partial charge is 0.350 e. The normalized spacial score (nSPS) is 16.2. The van der Waals surface area contributed by atoms with Crippen molar-refractivity contribution in [1.29, 1.82) is 0 Å². The molecule has 0 atom stereocenters. The van der Waals surface area contributed by atoms with Crippen LogP contribution in [0.5, 0.6) is 0 Å². The molecule has 0 N–H and O–H groups in total. The highest BCUT2D eigenvalue weighted by Crippen LogP contribution is 2.25.